The average molecular weight is 269 g/mol. The van der Waals surface area contributed by atoms with Crippen LogP contribution in [0.2, 0.25) is 0 Å². The van der Waals surface area contributed by atoms with Gasteiger partial charge in [-0.25, -0.2) is 8.42 Å². The summed E-state index contributed by atoms with van der Waals surface area (Å²) in [6.07, 6.45) is 2.11. The average Bonchev–Trinajstić information content (AvgIpc) is 2.97. The van der Waals surface area contributed by atoms with Gasteiger partial charge in [0.25, 0.3) is 0 Å². The minimum atomic E-state index is -3.25. The zero-order chi connectivity index (χ0) is 13.6. The van der Waals surface area contributed by atoms with Gasteiger partial charge in [-0.05, 0) is 17.5 Å². The second kappa shape index (κ2) is 4.33. The van der Waals surface area contributed by atoms with Crippen LogP contribution in [0.5, 0.6) is 0 Å². The van der Waals surface area contributed by atoms with Crippen LogP contribution in [0, 0.1) is 0 Å². The molecule has 3 atom stereocenters. The number of nitrogens with two attached hydrogens (primary N) is 1. The Bertz CT molecular complexity index is 538. The first-order chi connectivity index (χ1) is 8.34. The molecule has 1 aromatic rings. The number of aliphatic hydroxyl groups is 1. The van der Waals surface area contributed by atoms with E-state index < -0.39 is 20.6 Å². The van der Waals surface area contributed by atoms with Crippen molar-refractivity contribution < 1.29 is 13.5 Å². The summed E-state index contributed by atoms with van der Waals surface area (Å²) in [5.74, 6) is -0.302. The van der Waals surface area contributed by atoms with Crippen molar-refractivity contribution in [3.05, 3.63) is 35.4 Å². The van der Waals surface area contributed by atoms with Gasteiger partial charge in [-0.3, -0.25) is 0 Å². The van der Waals surface area contributed by atoms with Crippen LogP contribution >= 0.6 is 0 Å². The van der Waals surface area contributed by atoms with E-state index in [0.29, 0.717) is 0 Å². The maximum Gasteiger partial charge on any atom is 0.152 e. The molecule has 3 N–H and O–H groups in total. The molecule has 4 nitrogen and oxygen atoms in total. The molecule has 0 aromatic heterocycles. The second-order valence-corrected chi connectivity index (χ2v) is 7.26. The molecule has 0 spiro atoms. The summed E-state index contributed by atoms with van der Waals surface area (Å²) < 4.78 is 23.4. The van der Waals surface area contributed by atoms with Gasteiger partial charge in [0.05, 0.1) is 17.4 Å². The third-order valence-corrected chi connectivity index (χ3v) is 5.42. The predicted molar refractivity (Wildman–Crippen MR) is 71.2 cm³/mol. The van der Waals surface area contributed by atoms with Crippen LogP contribution in [0.25, 0.3) is 0 Å². The van der Waals surface area contributed by atoms with Gasteiger partial charge in [0.2, 0.25) is 0 Å². The van der Waals surface area contributed by atoms with E-state index in [4.69, 9.17) is 5.73 Å². The van der Waals surface area contributed by atoms with Gasteiger partial charge in [-0.2, -0.15) is 0 Å². The minimum Gasteiger partial charge on any atom is -0.394 e. The Labute approximate surface area is 108 Å². The molecule has 0 saturated heterocycles. The van der Waals surface area contributed by atoms with Gasteiger partial charge in [0.1, 0.15) is 0 Å². The Morgan fingerprint density at radius 2 is 1.89 bits per heavy atom. The van der Waals surface area contributed by atoms with Crippen LogP contribution in [0.3, 0.4) is 0 Å². The van der Waals surface area contributed by atoms with E-state index >= 15 is 0 Å². The Morgan fingerprint density at radius 1 is 1.33 bits per heavy atom. The number of hydrogen-bond donors (Lipinski definition) is 2. The minimum absolute atomic E-state index is 0.302. The fraction of sp³-hybridized carbons (Fsp3) is 0.538. The third kappa shape index (κ3) is 2.06. The quantitative estimate of drug-likeness (QED) is 0.831. The summed E-state index contributed by atoms with van der Waals surface area (Å²) in [5.41, 5.74) is 7.05. The van der Waals surface area contributed by atoms with Crippen molar-refractivity contribution in [3.63, 3.8) is 0 Å². The fourth-order valence-corrected chi connectivity index (χ4v) is 4.55. The molecule has 1 aliphatic carbocycles. The van der Waals surface area contributed by atoms with Crippen molar-refractivity contribution >= 4 is 9.84 Å². The van der Waals surface area contributed by atoms with Gasteiger partial charge >= 0.3 is 0 Å². The molecule has 5 heteroatoms. The number of rotatable bonds is 4. The lowest BCUT2D eigenvalue weighted by atomic mass is 10.0. The van der Waals surface area contributed by atoms with Gasteiger partial charge in [-0.15, -0.1) is 0 Å². The van der Waals surface area contributed by atoms with Gasteiger partial charge in [-0.1, -0.05) is 31.2 Å². The van der Waals surface area contributed by atoms with E-state index in [2.05, 4.69) is 6.92 Å². The number of benzene rings is 1. The van der Waals surface area contributed by atoms with Crippen molar-refractivity contribution in [2.45, 2.75) is 30.1 Å². The largest absolute Gasteiger partial charge is 0.394 e. The summed E-state index contributed by atoms with van der Waals surface area (Å²) in [6.45, 7) is 1.75. The van der Waals surface area contributed by atoms with Crippen LogP contribution in [0.4, 0.5) is 0 Å². The van der Waals surface area contributed by atoms with E-state index in [1.165, 1.54) is 11.8 Å². The third-order valence-electron chi connectivity index (χ3n) is 3.78. The van der Waals surface area contributed by atoms with Crippen LogP contribution in [-0.4, -0.2) is 37.2 Å². The highest BCUT2D eigenvalue weighted by Gasteiger charge is 2.67. The maximum absolute atomic E-state index is 11.7. The van der Waals surface area contributed by atoms with Crippen molar-refractivity contribution in [1.29, 1.82) is 0 Å². The summed E-state index contributed by atoms with van der Waals surface area (Å²) in [4.78, 5) is 0. The predicted octanol–water partition coefficient (Wildman–Crippen LogP) is 0.449. The zero-order valence-electron chi connectivity index (χ0n) is 10.6. The van der Waals surface area contributed by atoms with Crippen LogP contribution in [0.15, 0.2) is 24.3 Å². The molecule has 1 fully saturated rings. The van der Waals surface area contributed by atoms with Crippen LogP contribution in [0.1, 0.15) is 24.0 Å². The Morgan fingerprint density at radius 3 is 2.22 bits per heavy atom. The first-order valence-electron chi connectivity index (χ1n) is 6.02. The molecule has 0 radical (unpaired) electrons. The highest BCUT2D eigenvalue weighted by atomic mass is 32.2. The summed E-state index contributed by atoms with van der Waals surface area (Å²) >= 11 is 0. The molecule has 0 heterocycles. The Kier molecular flexibility index (Phi) is 3.25. The van der Waals surface area contributed by atoms with E-state index in [-0.39, 0.29) is 12.5 Å². The van der Waals surface area contributed by atoms with Crippen LogP contribution < -0.4 is 5.73 Å². The van der Waals surface area contributed by atoms with Crippen molar-refractivity contribution in [2.24, 2.45) is 5.73 Å². The van der Waals surface area contributed by atoms with E-state index in [1.807, 2.05) is 24.3 Å². The summed E-state index contributed by atoms with van der Waals surface area (Å²) in [5, 5.41) is 8.66. The summed E-state index contributed by atoms with van der Waals surface area (Å²) in [6, 6.07) is 7.77. The fourth-order valence-electron chi connectivity index (χ4n) is 2.70. The number of sulfone groups is 1. The topological polar surface area (TPSA) is 80.4 Å². The molecule has 1 aromatic carbocycles. The smallest absolute Gasteiger partial charge is 0.152 e. The second-order valence-electron chi connectivity index (χ2n) is 5.09. The molecule has 0 unspecified atom stereocenters. The number of aryl methyl sites for hydroxylation is 1. The lowest BCUT2D eigenvalue weighted by Gasteiger charge is -2.07. The molecule has 0 aliphatic heterocycles. The van der Waals surface area contributed by atoms with E-state index in [0.717, 1.165) is 12.0 Å². The van der Waals surface area contributed by atoms with Gasteiger partial charge in [0.15, 0.2) is 9.84 Å². The number of aliphatic hydroxyl groups excluding tert-OH is 1. The molecule has 1 saturated carbocycles. The van der Waals surface area contributed by atoms with Gasteiger partial charge < -0.3 is 10.8 Å². The van der Waals surface area contributed by atoms with Crippen molar-refractivity contribution in [2.75, 3.05) is 12.9 Å². The molecule has 1 aliphatic rings. The maximum atomic E-state index is 11.7. The highest BCUT2D eigenvalue weighted by molar-refractivity contribution is 7.91. The standard InChI is InChI=1S/C13H19NO3S/c1-3-9-4-6-10(7-5-9)11-12(18(2,16)17)13(11,14)8-15/h4-7,11-12,15H,3,8,14H2,1-2H3/t11-,12-,13+/m1/s1. The molecule has 0 bridgehead atoms. The molecular formula is C13H19NO3S. The van der Waals surface area contributed by atoms with E-state index in [1.54, 1.807) is 0 Å². The molecule has 18 heavy (non-hydrogen) atoms. The normalized spacial score (nSPS) is 31.3. The molecule has 2 rings (SSSR count). The first kappa shape index (κ1) is 13.5. The highest BCUT2D eigenvalue weighted by Crippen LogP contribution is 2.53. The Balaban J connectivity index is 2.33. The monoisotopic (exact) mass is 269 g/mol. The lowest BCUT2D eigenvalue weighted by Crippen LogP contribution is -2.34. The Hall–Kier alpha value is -0.910. The first-order valence-corrected chi connectivity index (χ1v) is 7.97. The van der Waals surface area contributed by atoms with Crippen LogP contribution in [-0.2, 0) is 16.3 Å². The van der Waals surface area contributed by atoms with E-state index in [9.17, 15) is 13.5 Å². The SMILES string of the molecule is CCc1ccc([C@@H]2[C@@H](S(C)(=O)=O)[C@]2(N)CO)cc1. The molecule has 100 valence electrons. The number of hydrogen-bond acceptors (Lipinski definition) is 4. The van der Waals surface area contributed by atoms with Crippen molar-refractivity contribution in [3.8, 4) is 0 Å². The lowest BCUT2D eigenvalue weighted by molar-refractivity contribution is 0.253. The summed E-state index contributed by atoms with van der Waals surface area (Å²) in [7, 11) is -3.25. The van der Waals surface area contributed by atoms with Gasteiger partial charge in [0, 0.05) is 12.2 Å². The molecular weight excluding hydrogens is 250 g/mol. The zero-order valence-corrected chi connectivity index (χ0v) is 11.4. The molecule has 0 amide bonds. The van der Waals surface area contributed by atoms with Crippen molar-refractivity contribution in [1.82, 2.24) is 0 Å².